The molecule has 0 aliphatic heterocycles. The normalized spacial score (nSPS) is 11.2. The molecule has 0 spiro atoms. The molecule has 0 saturated heterocycles. The first-order valence-electron chi connectivity index (χ1n) is 6.44. The van der Waals surface area contributed by atoms with Gasteiger partial charge in [-0.2, -0.15) is 0 Å². The zero-order valence-electron chi connectivity index (χ0n) is 11.2. The van der Waals surface area contributed by atoms with E-state index in [4.69, 9.17) is 16.3 Å². The van der Waals surface area contributed by atoms with Crippen molar-refractivity contribution in [3.05, 3.63) is 28.8 Å². The summed E-state index contributed by atoms with van der Waals surface area (Å²) in [6, 6.07) is 6.42. The number of halogens is 1. The van der Waals surface area contributed by atoms with E-state index in [0.29, 0.717) is 12.6 Å². The molecule has 1 rings (SSSR count). The van der Waals surface area contributed by atoms with Crippen LogP contribution >= 0.6 is 20.8 Å². The molecule has 1 unspecified atom stereocenters. The number of unbranched alkanes of at least 4 members (excludes halogenated alkanes) is 1. The van der Waals surface area contributed by atoms with Crippen LogP contribution in [-0.4, -0.2) is 19.2 Å². The molecule has 18 heavy (non-hydrogen) atoms. The monoisotopic (exact) mass is 287 g/mol. The zero-order valence-corrected chi connectivity index (χ0v) is 13.1. The first-order valence-corrected chi connectivity index (χ1v) is 7.40. The Hall–Kier alpha value is -0.140. The molecule has 1 atom stereocenters. The summed E-state index contributed by atoms with van der Waals surface area (Å²) in [5.74, 6) is 0. The van der Waals surface area contributed by atoms with Crippen molar-refractivity contribution < 1.29 is 4.74 Å². The first-order chi connectivity index (χ1) is 8.59. The van der Waals surface area contributed by atoms with E-state index in [1.54, 1.807) is 0 Å². The van der Waals surface area contributed by atoms with Crippen molar-refractivity contribution in [1.82, 2.24) is 5.32 Å². The highest BCUT2D eigenvalue weighted by atomic mass is 35.5. The van der Waals surface area contributed by atoms with Gasteiger partial charge in [-0.05, 0) is 42.4 Å². The molecule has 2 nitrogen and oxygen atoms in total. The lowest BCUT2D eigenvalue weighted by atomic mass is 10.2. The lowest BCUT2D eigenvalue weighted by Gasteiger charge is -2.09. The molecule has 1 N–H and O–H groups in total. The molecular formula is C14H23ClNOP. The van der Waals surface area contributed by atoms with Crippen molar-refractivity contribution in [3.63, 3.8) is 0 Å². The molecule has 1 aromatic rings. The van der Waals surface area contributed by atoms with Gasteiger partial charge in [0.15, 0.2) is 0 Å². The number of rotatable bonds is 8. The average molecular weight is 288 g/mol. The summed E-state index contributed by atoms with van der Waals surface area (Å²) in [6.45, 7) is 6.83. The average Bonchev–Trinajstić information content (AvgIpc) is 2.32. The summed E-state index contributed by atoms with van der Waals surface area (Å²) >= 11 is 5.95. The second kappa shape index (κ2) is 8.87. The molecule has 0 saturated carbocycles. The smallest absolute Gasteiger partial charge is 0.0723 e. The van der Waals surface area contributed by atoms with Gasteiger partial charge in [0.1, 0.15) is 0 Å². The van der Waals surface area contributed by atoms with E-state index >= 15 is 0 Å². The summed E-state index contributed by atoms with van der Waals surface area (Å²) in [7, 11) is 2.71. The van der Waals surface area contributed by atoms with Crippen molar-refractivity contribution in [3.8, 4) is 0 Å². The molecule has 0 aliphatic rings. The van der Waals surface area contributed by atoms with Crippen molar-refractivity contribution in [2.75, 3.05) is 13.2 Å². The Kier molecular flexibility index (Phi) is 7.85. The molecule has 0 fully saturated rings. The van der Waals surface area contributed by atoms with Crippen LogP contribution in [0.15, 0.2) is 18.2 Å². The number of benzene rings is 1. The fourth-order valence-corrected chi connectivity index (χ4v) is 2.06. The van der Waals surface area contributed by atoms with E-state index in [-0.39, 0.29) is 0 Å². The van der Waals surface area contributed by atoms with E-state index in [9.17, 15) is 0 Å². The third-order valence-electron chi connectivity index (χ3n) is 2.63. The van der Waals surface area contributed by atoms with Gasteiger partial charge < -0.3 is 10.1 Å². The van der Waals surface area contributed by atoms with Gasteiger partial charge >= 0.3 is 0 Å². The molecule has 1 aromatic carbocycles. The van der Waals surface area contributed by atoms with Crippen LogP contribution in [0.2, 0.25) is 5.02 Å². The molecule has 0 heterocycles. The Morgan fingerprint density at radius 3 is 2.83 bits per heavy atom. The largest absolute Gasteiger partial charge is 0.377 e. The highest BCUT2D eigenvalue weighted by Gasteiger charge is 2.00. The zero-order chi connectivity index (χ0) is 13.4. The van der Waals surface area contributed by atoms with Crippen LogP contribution in [0.1, 0.15) is 32.3 Å². The SMILES string of the molecule is CC(C)NCCCCOCc1cc(Cl)ccc1P. The molecule has 0 bridgehead atoms. The lowest BCUT2D eigenvalue weighted by molar-refractivity contribution is 0.117. The summed E-state index contributed by atoms with van der Waals surface area (Å²) in [5, 5.41) is 5.31. The van der Waals surface area contributed by atoms with Gasteiger partial charge in [-0.25, -0.2) is 0 Å². The van der Waals surface area contributed by atoms with Crippen LogP contribution in [0, 0.1) is 0 Å². The van der Waals surface area contributed by atoms with Crippen LogP contribution in [0.3, 0.4) is 0 Å². The molecule has 4 heteroatoms. The maximum absolute atomic E-state index is 5.95. The van der Waals surface area contributed by atoms with E-state index in [0.717, 1.165) is 41.9 Å². The predicted octanol–water partition coefficient (Wildman–Crippen LogP) is 3.14. The molecule has 0 amide bonds. The van der Waals surface area contributed by atoms with E-state index in [1.165, 1.54) is 0 Å². The van der Waals surface area contributed by atoms with Gasteiger partial charge in [0.25, 0.3) is 0 Å². The highest BCUT2D eigenvalue weighted by Crippen LogP contribution is 2.12. The van der Waals surface area contributed by atoms with Gasteiger partial charge in [0.05, 0.1) is 6.61 Å². The molecule has 0 aliphatic carbocycles. The second-order valence-electron chi connectivity index (χ2n) is 4.71. The number of hydrogen-bond donors (Lipinski definition) is 1. The Labute approximate surface area is 118 Å². The third kappa shape index (κ3) is 6.70. The lowest BCUT2D eigenvalue weighted by Crippen LogP contribution is -2.23. The van der Waals surface area contributed by atoms with E-state index in [1.807, 2.05) is 18.2 Å². The first kappa shape index (κ1) is 15.9. The fourth-order valence-electron chi connectivity index (χ4n) is 1.60. The standard InChI is InChI=1S/C14H23ClNOP/c1-11(2)16-7-3-4-8-17-10-12-9-13(15)5-6-14(12)18/h5-6,9,11,16H,3-4,7-8,10,18H2,1-2H3. The maximum atomic E-state index is 5.95. The summed E-state index contributed by atoms with van der Waals surface area (Å²) in [6.07, 6.45) is 2.24. The van der Waals surface area contributed by atoms with Crippen LogP contribution in [0.4, 0.5) is 0 Å². The minimum absolute atomic E-state index is 0.567. The van der Waals surface area contributed by atoms with Crippen LogP contribution < -0.4 is 10.6 Å². The van der Waals surface area contributed by atoms with Crippen molar-refractivity contribution in [2.24, 2.45) is 0 Å². The molecule has 0 aromatic heterocycles. The Bertz CT molecular complexity index is 358. The highest BCUT2D eigenvalue weighted by molar-refractivity contribution is 7.27. The maximum Gasteiger partial charge on any atom is 0.0723 e. The molecular weight excluding hydrogens is 265 g/mol. The Morgan fingerprint density at radius 1 is 1.33 bits per heavy atom. The van der Waals surface area contributed by atoms with Gasteiger partial charge in [-0.3, -0.25) is 0 Å². The fraction of sp³-hybridized carbons (Fsp3) is 0.571. The van der Waals surface area contributed by atoms with Gasteiger partial charge in [0.2, 0.25) is 0 Å². The summed E-state index contributed by atoms with van der Waals surface area (Å²) in [4.78, 5) is 0. The quantitative estimate of drug-likeness (QED) is 0.586. The minimum atomic E-state index is 0.567. The van der Waals surface area contributed by atoms with Crippen molar-refractivity contribution in [1.29, 1.82) is 0 Å². The summed E-state index contributed by atoms with van der Waals surface area (Å²) < 4.78 is 5.66. The Balaban J connectivity index is 2.12. The van der Waals surface area contributed by atoms with Crippen molar-refractivity contribution in [2.45, 2.75) is 39.3 Å². The van der Waals surface area contributed by atoms with Crippen LogP contribution in [0.25, 0.3) is 0 Å². The minimum Gasteiger partial charge on any atom is -0.377 e. The van der Waals surface area contributed by atoms with Crippen LogP contribution in [-0.2, 0) is 11.3 Å². The molecule has 102 valence electrons. The van der Waals surface area contributed by atoms with Gasteiger partial charge in [-0.1, -0.05) is 31.5 Å². The van der Waals surface area contributed by atoms with E-state index < -0.39 is 0 Å². The number of nitrogens with one attached hydrogen (secondary N) is 1. The Morgan fingerprint density at radius 2 is 2.11 bits per heavy atom. The number of hydrogen-bond acceptors (Lipinski definition) is 2. The van der Waals surface area contributed by atoms with Crippen LogP contribution in [0.5, 0.6) is 0 Å². The van der Waals surface area contributed by atoms with Gasteiger partial charge in [-0.15, -0.1) is 9.24 Å². The number of ether oxygens (including phenoxy) is 1. The van der Waals surface area contributed by atoms with Gasteiger partial charge in [0, 0.05) is 17.7 Å². The topological polar surface area (TPSA) is 21.3 Å². The summed E-state index contributed by atoms with van der Waals surface area (Å²) in [5.41, 5.74) is 1.15. The third-order valence-corrected chi connectivity index (χ3v) is 3.43. The van der Waals surface area contributed by atoms with Crippen molar-refractivity contribution >= 4 is 26.1 Å². The van der Waals surface area contributed by atoms with E-state index in [2.05, 4.69) is 28.4 Å². The predicted molar refractivity (Wildman–Crippen MR) is 82.8 cm³/mol. The molecule has 0 radical (unpaired) electrons. The second-order valence-corrected chi connectivity index (χ2v) is 5.77.